The molecule has 1 aromatic rings. The van der Waals surface area contributed by atoms with E-state index in [9.17, 15) is 24.3 Å². The first-order valence-corrected chi connectivity index (χ1v) is 6.37. The molecule has 1 unspecified atom stereocenters. The molecule has 1 aliphatic rings. The van der Waals surface area contributed by atoms with Gasteiger partial charge in [0, 0.05) is 13.5 Å². The molecular formula is C14H14N2O5. The third kappa shape index (κ3) is 2.49. The number of benzene rings is 1. The lowest BCUT2D eigenvalue weighted by atomic mass is 10.1. The van der Waals surface area contributed by atoms with E-state index in [1.165, 1.54) is 25.2 Å². The van der Waals surface area contributed by atoms with Crippen LogP contribution in [0.5, 0.6) is 5.75 Å². The van der Waals surface area contributed by atoms with Crippen LogP contribution in [0.2, 0.25) is 0 Å². The molecule has 21 heavy (non-hydrogen) atoms. The molecule has 0 bridgehead atoms. The standard InChI is InChI=1S/C14H14N2O5/c1-15-12(19)11(3-2-6-17)16-13(20)9-5-4-8(18)7-10(9)14(16)21/h4-7,11,18H,2-3H2,1H3,(H,15,19). The van der Waals surface area contributed by atoms with E-state index in [0.29, 0.717) is 6.29 Å². The Morgan fingerprint density at radius 3 is 2.62 bits per heavy atom. The molecule has 110 valence electrons. The number of rotatable bonds is 5. The van der Waals surface area contributed by atoms with Gasteiger partial charge in [-0.3, -0.25) is 19.3 Å². The third-order valence-corrected chi connectivity index (χ3v) is 3.32. The number of carbonyl (C=O) groups excluding carboxylic acids is 4. The minimum absolute atomic E-state index is 0.0523. The van der Waals surface area contributed by atoms with Crippen molar-refractivity contribution in [2.24, 2.45) is 0 Å². The molecule has 0 aromatic heterocycles. The van der Waals surface area contributed by atoms with Crippen LogP contribution in [-0.4, -0.2) is 47.1 Å². The number of hydrogen-bond donors (Lipinski definition) is 2. The normalized spacial score (nSPS) is 14.8. The number of hydrogen-bond acceptors (Lipinski definition) is 5. The average Bonchev–Trinajstić information content (AvgIpc) is 2.71. The lowest BCUT2D eigenvalue weighted by molar-refractivity contribution is -0.124. The number of fused-ring (bicyclic) bond motifs is 1. The fraction of sp³-hybridized carbons (Fsp3) is 0.286. The van der Waals surface area contributed by atoms with Gasteiger partial charge in [0.15, 0.2) is 0 Å². The van der Waals surface area contributed by atoms with Crippen LogP contribution in [0.1, 0.15) is 33.6 Å². The smallest absolute Gasteiger partial charge is 0.262 e. The maximum Gasteiger partial charge on any atom is 0.262 e. The summed E-state index contributed by atoms with van der Waals surface area (Å²) < 4.78 is 0. The molecule has 1 heterocycles. The van der Waals surface area contributed by atoms with Gasteiger partial charge in [0.25, 0.3) is 11.8 Å². The summed E-state index contributed by atoms with van der Waals surface area (Å²) in [6.45, 7) is 0. The fourth-order valence-electron chi connectivity index (χ4n) is 2.30. The van der Waals surface area contributed by atoms with Gasteiger partial charge in [-0.1, -0.05) is 0 Å². The summed E-state index contributed by atoms with van der Waals surface area (Å²) in [6, 6.07) is 2.78. The monoisotopic (exact) mass is 290 g/mol. The van der Waals surface area contributed by atoms with E-state index in [-0.39, 0.29) is 29.7 Å². The van der Waals surface area contributed by atoms with E-state index >= 15 is 0 Å². The molecule has 7 heteroatoms. The van der Waals surface area contributed by atoms with E-state index in [1.807, 2.05) is 0 Å². The Balaban J connectivity index is 2.39. The summed E-state index contributed by atoms with van der Waals surface area (Å²) in [5.41, 5.74) is 0.192. The van der Waals surface area contributed by atoms with Crippen LogP contribution in [0.3, 0.4) is 0 Å². The zero-order chi connectivity index (χ0) is 15.6. The van der Waals surface area contributed by atoms with Gasteiger partial charge in [0.05, 0.1) is 11.1 Å². The van der Waals surface area contributed by atoms with Crippen molar-refractivity contribution in [2.75, 3.05) is 7.05 Å². The highest BCUT2D eigenvalue weighted by Crippen LogP contribution is 2.28. The van der Waals surface area contributed by atoms with E-state index in [2.05, 4.69) is 5.32 Å². The molecule has 1 atom stereocenters. The summed E-state index contributed by atoms with van der Waals surface area (Å²) in [4.78, 5) is 47.8. The molecule has 0 radical (unpaired) electrons. The van der Waals surface area contributed by atoms with Crippen LogP contribution in [0.15, 0.2) is 18.2 Å². The molecule has 0 saturated carbocycles. The summed E-state index contributed by atoms with van der Waals surface area (Å²) >= 11 is 0. The van der Waals surface area contributed by atoms with Gasteiger partial charge in [-0.2, -0.15) is 0 Å². The minimum Gasteiger partial charge on any atom is -0.508 e. The summed E-state index contributed by atoms with van der Waals surface area (Å²) in [6.07, 6.45) is 0.733. The first kappa shape index (κ1) is 14.7. The Morgan fingerprint density at radius 2 is 2.00 bits per heavy atom. The van der Waals surface area contributed by atoms with Gasteiger partial charge < -0.3 is 15.2 Å². The van der Waals surface area contributed by atoms with Gasteiger partial charge in [-0.15, -0.1) is 0 Å². The molecule has 3 amide bonds. The zero-order valence-corrected chi connectivity index (χ0v) is 11.3. The molecule has 2 rings (SSSR count). The number of nitrogens with zero attached hydrogens (tertiary/aromatic N) is 1. The first-order chi connectivity index (χ1) is 10.0. The number of carbonyl (C=O) groups is 4. The lowest BCUT2D eigenvalue weighted by Crippen LogP contribution is -2.48. The topological polar surface area (TPSA) is 104 Å². The fourth-order valence-corrected chi connectivity index (χ4v) is 2.30. The van der Waals surface area contributed by atoms with E-state index in [4.69, 9.17) is 0 Å². The number of phenols is 1. The number of amides is 3. The number of phenolic OH excluding ortho intramolecular Hbond substituents is 1. The predicted octanol–water partition coefficient (Wildman–Crippen LogP) is 0.0819. The van der Waals surface area contributed by atoms with Crippen molar-refractivity contribution >= 4 is 24.0 Å². The quantitative estimate of drug-likeness (QED) is 0.590. The molecule has 1 aliphatic heterocycles. The molecule has 0 fully saturated rings. The van der Waals surface area contributed by atoms with Crippen molar-refractivity contribution in [1.29, 1.82) is 0 Å². The molecule has 7 nitrogen and oxygen atoms in total. The van der Waals surface area contributed by atoms with Crippen molar-refractivity contribution in [1.82, 2.24) is 10.2 Å². The van der Waals surface area contributed by atoms with Crippen molar-refractivity contribution in [2.45, 2.75) is 18.9 Å². The maximum absolute atomic E-state index is 12.3. The van der Waals surface area contributed by atoms with Gasteiger partial charge in [0.2, 0.25) is 5.91 Å². The SMILES string of the molecule is CNC(=O)C(CCC=O)N1C(=O)c2ccc(O)cc2C1=O. The molecule has 2 N–H and O–H groups in total. The predicted molar refractivity (Wildman–Crippen MR) is 71.8 cm³/mol. The number of nitrogens with one attached hydrogen (secondary N) is 1. The number of aromatic hydroxyl groups is 1. The molecule has 1 aromatic carbocycles. The van der Waals surface area contributed by atoms with Crippen molar-refractivity contribution in [3.63, 3.8) is 0 Å². The summed E-state index contributed by atoms with van der Waals surface area (Å²) in [7, 11) is 1.39. The van der Waals surface area contributed by atoms with Crippen LogP contribution >= 0.6 is 0 Å². The third-order valence-electron chi connectivity index (χ3n) is 3.32. The van der Waals surface area contributed by atoms with E-state index in [1.54, 1.807) is 0 Å². The number of aldehydes is 1. The van der Waals surface area contributed by atoms with Crippen LogP contribution in [0.4, 0.5) is 0 Å². The van der Waals surface area contributed by atoms with E-state index < -0.39 is 23.8 Å². The zero-order valence-electron chi connectivity index (χ0n) is 11.3. The second-order valence-corrected chi connectivity index (χ2v) is 4.58. The Kier molecular flexibility index (Phi) is 4.02. The number of likely N-dealkylation sites (N-methyl/N-ethyl adjacent to an activating group) is 1. The van der Waals surface area contributed by atoms with Crippen LogP contribution in [0, 0.1) is 0 Å². The summed E-state index contributed by atoms with van der Waals surface area (Å²) in [5, 5.41) is 11.8. The lowest BCUT2D eigenvalue weighted by Gasteiger charge is -2.24. The van der Waals surface area contributed by atoms with Gasteiger partial charge in [-0.25, -0.2) is 0 Å². The minimum atomic E-state index is -1.05. The van der Waals surface area contributed by atoms with Crippen molar-refractivity contribution in [3.05, 3.63) is 29.3 Å². The largest absolute Gasteiger partial charge is 0.508 e. The molecule has 0 saturated heterocycles. The Labute approximate surface area is 120 Å². The Hall–Kier alpha value is -2.70. The first-order valence-electron chi connectivity index (χ1n) is 6.37. The van der Waals surface area contributed by atoms with Crippen molar-refractivity contribution in [3.8, 4) is 5.75 Å². The number of imide groups is 1. The molecular weight excluding hydrogens is 276 g/mol. The summed E-state index contributed by atoms with van der Waals surface area (Å²) in [5.74, 6) is -1.91. The highest BCUT2D eigenvalue weighted by Gasteiger charge is 2.42. The Morgan fingerprint density at radius 1 is 1.33 bits per heavy atom. The van der Waals surface area contributed by atoms with Gasteiger partial charge >= 0.3 is 0 Å². The molecule has 0 spiro atoms. The van der Waals surface area contributed by atoms with E-state index in [0.717, 1.165) is 4.90 Å². The Bertz CT molecular complexity index is 626. The van der Waals surface area contributed by atoms with Crippen LogP contribution in [0.25, 0.3) is 0 Å². The average molecular weight is 290 g/mol. The second kappa shape index (κ2) is 5.74. The highest BCUT2D eigenvalue weighted by molar-refractivity contribution is 6.23. The van der Waals surface area contributed by atoms with Gasteiger partial charge in [0.1, 0.15) is 18.1 Å². The van der Waals surface area contributed by atoms with Crippen molar-refractivity contribution < 1.29 is 24.3 Å². The van der Waals surface area contributed by atoms with Gasteiger partial charge in [-0.05, 0) is 24.6 Å². The molecule has 0 aliphatic carbocycles. The maximum atomic E-state index is 12.3. The van der Waals surface area contributed by atoms with Crippen LogP contribution < -0.4 is 5.32 Å². The highest BCUT2D eigenvalue weighted by atomic mass is 16.3. The van der Waals surface area contributed by atoms with Crippen LogP contribution in [-0.2, 0) is 9.59 Å². The second-order valence-electron chi connectivity index (χ2n) is 4.58.